The first kappa shape index (κ1) is 7.33. The van der Waals surface area contributed by atoms with Gasteiger partial charge in [-0.25, -0.2) is 0 Å². The molecule has 0 fully saturated rings. The second-order valence-corrected chi connectivity index (χ2v) is 2.44. The van der Waals surface area contributed by atoms with E-state index in [2.05, 4.69) is 25.1 Å². The van der Waals surface area contributed by atoms with Crippen LogP contribution in [0.3, 0.4) is 0 Å². The van der Waals surface area contributed by atoms with Crippen molar-refractivity contribution in [1.82, 2.24) is 0 Å². The van der Waals surface area contributed by atoms with Crippen LogP contribution in [-0.2, 0) is 6.42 Å². The Hall–Kier alpha value is -0.780. The minimum absolute atomic E-state index is 1.18. The molecule has 0 aliphatic rings. The topological polar surface area (TPSA) is 0 Å². The lowest BCUT2D eigenvalue weighted by atomic mass is 10.1. The normalized spacial score (nSPS) is 9.70. The largest absolute Gasteiger partial charge is 0.0654 e. The van der Waals surface area contributed by atoms with E-state index in [0.29, 0.717) is 0 Å². The molecular formula is C10H12. The Bertz CT molecular complexity index is 165. The summed E-state index contributed by atoms with van der Waals surface area (Å²) in [5.74, 6) is 0. The molecule has 0 heteroatoms. The molecule has 0 saturated carbocycles. The van der Waals surface area contributed by atoms with Gasteiger partial charge in [0.1, 0.15) is 0 Å². The van der Waals surface area contributed by atoms with Crippen molar-refractivity contribution in [1.29, 1.82) is 0 Å². The Balaban J connectivity index is 2.43. The smallest absolute Gasteiger partial charge is 0.00961 e. The highest BCUT2D eigenvalue weighted by Gasteiger charge is 1.87. The lowest BCUT2D eigenvalue weighted by molar-refractivity contribution is 0.795. The van der Waals surface area contributed by atoms with Crippen molar-refractivity contribution in [2.24, 2.45) is 0 Å². The van der Waals surface area contributed by atoms with E-state index in [-0.39, 0.29) is 0 Å². The highest BCUT2D eigenvalue weighted by Crippen LogP contribution is 2.02. The van der Waals surface area contributed by atoms with Crippen molar-refractivity contribution < 1.29 is 0 Å². The van der Waals surface area contributed by atoms with Crippen molar-refractivity contribution >= 4 is 0 Å². The zero-order chi connectivity index (χ0) is 7.23. The number of aryl methyl sites for hydroxylation is 1. The van der Waals surface area contributed by atoms with Crippen LogP contribution >= 0.6 is 0 Å². The summed E-state index contributed by atoms with van der Waals surface area (Å²) < 4.78 is 0. The van der Waals surface area contributed by atoms with E-state index in [1.165, 1.54) is 24.8 Å². The van der Waals surface area contributed by atoms with Gasteiger partial charge in [-0.3, -0.25) is 0 Å². The second kappa shape index (κ2) is 4.10. The van der Waals surface area contributed by atoms with Crippen LogP contribution in [0.25, 0.3) is 0 Å². The summed E-state index contributed by atoms with van der Waals surface area (Å²) in [7, 11) is 0. The fourth-order valence-corrected chi connectivity index (χ4v) is 0.916. The molecule has 0 atom stereocenters. The van der Waals surface area contributed by atoms with E-state index >= 15 is 0 Å². The van der Waals surface area contributed by atoms with Gasteiger partial charge in [0.25, 0.3) is 0 Å². The molecule has 0 bridgehead atoms. The van der Waals surface area contributed by atoms with Gasteiger partial charge in [-0.1, -0.05) is 31.5 Å². The number of hydrogen-bond acceptors (Lipinski definition) is 0. The van der Waals surface area contributed by atoms with Crippen LogP contribution in [0.4, 0.5) is 0 Å². The third kappa shape index (κ3) is 2.22. The molecule has 10 heavy (non-hydrogen) atoms. The summed E-state index contributed by atoms with van der Waals surface area (Å²) in [5.41, 5.74) is 1.38. The minimum atomic E-state index is 1.18. The molecule has 0 aromatic heterocycles. The highest BCUT2D eigenvalue weighted by molar-refractivity contribution is 5.12. The number of rotatable bonds is 3. The van der Waals surface area contributed by atoms with Crippen LogP contribution in [0, 0.1) is 12.1 Å². The Labute approximate surface area is 62.9 Å². The molecule has 0 aliphatic carbocycles. The number of unbranched alkanes of at least 4 members (excludes halogenated alkanes) is 1. The zero-order valence-corrected chi connectivity index (χ0v) is 6.35. The molecule has 0 heterocycles. The first-order valence-corrected chi connectivity index (χ1v) is 3.80. The molecule has 0 nitrogen and oxygen atoms in total. The average molecular weight is 132 g/mol. The van der Waals surface area contributed by atoms with Crippen LogP contribution in [0.1, 0.15) is 25.3 Å². The summed E-state index contributed by atoms with van der Waals surface area (Å²) in [6.07, 6.45) is 3.72. The first-order valence-electron chi connectivity index (χ1n) is 3.80. The lowest BCUT2D eigenvalue weighted by Crippen LogP contribution is -1.82. The summed E-state index contributed by atoms with van der Waals surface area (Å²) in [6, 6.07) is 11.9. The quantitative estimate of drug-likeness (QED) is 0.593. The monoisotopic (exact) mass is 132 g/mol. The van der Waals surface area contributed by atoms with Crippen molar-refractivity contribution in [3.05, 3.63) is 35.9 Å². The van der Waals surface area contributed by atoms with Crippen molar-refractivity contribution in [3.63, 3.8) is 0 Å². The van der Waals surface area contributed by atoms with E-state index < -0.39 is 0 Å². The van der Waals surface area contributed by atoms with Crippen molar-refractivity contribution in [2.75, 3.05) is 0 Å². The molecule has 2 radical (unpaired) electrons. The van der Waals surface area contributed by atoms with E-state index in [0.717, 1.165) is 0 Å². The van der Waals surface area contributed by atoms with Crippen LogP contribution < -0.4 is 0 Å². The standard InChI is InChI=1S/C10H12/c1-2-3-7-10-8-5-4-6-9-10/h5,8-9H,2-3,7H2,1H3. The molecule has 0 N–H and O–H groups in total. The maximum Gasteiger partial charge on any atom is -0.00961 e. The van der Waals surface area contributed by atoms with Crippen LogP contribution in [0.2, 0.25) is 0 Å². The van der Waals surface area contributed by atoms with Crippen LogP contribution in [-0.4, -0.2) is 0 Å². The van der Waals surface area contributed by atoms with Gasteiger partial charge in [-0.05, 0) is 30.5 Å². The van der Waals surface area contributed by atoms with Gasteiger partial charge in [0.15, 0.2) is 0 Å². The maximum atomic E-state index is 2.94. The predicted molar refractivity (Wildman–Crippen MR) is 42.7 cm³/mol. The van der Waals surface area contributed by atoms with E-state index in [1.807, 2.05) is 12.1 Å². The maximum absolute atomic E-state index is 2.94. The third-order valence-corrected chi connectivity index (χ3v) is 1.54. The summed E-state index contributed by atoms with van der Waals surface area (Å²) >= 11 is 0. The van der Waals surface area contributed by atoms with E-state index in [1.54, 1.807) is 0 Å². The lowest BCUT2D eigenvalue weighted by Gasteiger charge is -1.95. The fourth-order valence-electron chi connectivity index (χ4n) is 0.916. The van der Waals surface area contributed by atoms with Gasteiger partial charge in [0, 0.05) is 0 Å². The van der Waals surface area contributed by atoms with E-state index in [9.17, 15) is 0 Å². The first-order chi connectivity index (χ1) is 4.93. The molecule has 1 aromatic rings. The third-order valence-electron chi connectivity index (χ3n) is 1.54. The summed E-state index contributed by atoms with van der Waals surface area (Å²) in [4.78, 5) is 0. The Morgan fingerprint density at radius 3 is 2.90 bits per heavy atom. The van der Waals surface area contributed by atoms with Gasteiger partial charge in [0.2, 0.25) is 0 Å². The highest BCUT2D eigenvalue weighted by atomic mass is 13.9. The Kier molecular flexibility index (Phi) is 3.01. The molecule has 52 valence electrons. The van der Waals surface area contributed by atoms with Crippen LogP contribution in [0.5, 0.6) is 0 Å². The molecular weight excluding hydrogens is 120 g/mol. The number of benzene rings is 1. The molecule has 0 amide bonds. The average Bonchev–Trinajstić information content (AvgIpc) is 2.03. The predicted octanol–water partition coefficient (Wildman–Crippen LogP) is 2.63. The van der Waals surface area contributed by atoms with Gasteiger partial charge >= 0.3 is 0 Å². The van der Waals surface area contributed by atoms with Crippen molar-refractivity contribution in [3.8, 4) is 0 Å². The second-order valence-electron chi connectivity index (χ2n) is 2.44. The minimum Gasteiger partial charge on any atom is -0.0654 e. The summed E-state index contributed by atoms with van der Waals surface area (Å²) in [6.45, 7) is 2.21. The Morgan fingerprint density at radius 1 is 1.40 bits per heavy atom. The number of hydrogen-bond donors (Lipinski definition) is 0. The molecule has 1 aromatic carbocycles. The molecule has 0 aliphatic heterocycles. The van der Waals surface area contributed by atoms with Crippen molar-refractivity contribution in [2.45, 2.75) is 26.2 Å². The molecule has 0 spiro atoms. The Morgan fingerprint density at radius 2 is 2.30 bits per heavy atom. The van der Waals surface area contributed by atoms with Gasteiger partial charge in [0.05, 0.1) is 0 Å². The molecule has 1 rings (SSSR count). The zero-order valence-electron chi connectivity index (χ0n) is 6.35. The van der Waals surface area contributed by atoms with Gasteiger partial charge in [-0.2, -0.15) is 0 Å². The molecule has 0 unspecified atom stereocenters. The van der Waals surface area contributed by atoms with E-state index in [4.69, 9.17) is 0 Å². The van der Waals surface area contributed by atoms with Gasteiger partial charge < -0.3 is 0 Å². The van der Waals surface area contributed by atoms with Gasteiger partial charge in [-0.15, -0.1) is 0 Å². The fraction of sp³-hybridized carbons (Fsp3) is 0.400. The molecule has 0 saturated heterocycles. The summed E-state index contributed by atoms with van der Waals surface area (Å²) in [5, 5.41) is 0. The SMILES string of the molecule is CCCCc1c[c][c]cc1. The van der Waals surface area contributed by atoms with Crippen LogP contribution in [0.15, 0.2) is 18.2 Å².